The first kappa shape index (κ1) is 13.8. The van der Waals surface area contributed by atoms with E-state index in [1.54, 1.807) is 0 Å². The van der Waals surface area contributed by atoms with Crippen LogP contribution in [0.15, 0.2) is 36.8 Å². The summed E-state index contributed by atoms with van der Waals surface area (Å²) in [5.74, 6) is 0.227. The van der Waals surface area contributed by atoms with Crippen molar-refractivity contribution in [3.63, 3.8) is 0 Å². The van der Waals surface area contributed by atoms with E-state index in [4.69, 9.17) is 0 Å². The predicted octanol–water partition coefficient (Wildman–Crippen LogP) is 2.83. The van der Waals surface area contributed by atoms with Gasteiger partial charge in [-0.15, -0.1) is 0 Å². The summed E-state index contributed by atoms with van der Waals surface area (Å²) < 4.78 is 2.14. The fourth-order valence-corrected chi connectivity index (χ4v) is 4.25. The van der Waals surface area contributed by atoms with E-state index in [-0.39, 0.29) is 11.8 Å². The zero-order chi connectivity index (χ0) is 16.1. The van der Waals surface area contributed by atoms with Crippen LogP contribution in [-0.4, -0.2) is 31.9 Å². The Kier molecular flexibility index (Phi) is 3.01. The van der Waals surface area contributed by atoms with Gasteiger partial charge in [0.15, 0.2) is 0 Å². The highest BCUT2D eigenvalue weighted by atomic mass is 16.2. The first-order valence-electron chi connectivity index (χ1n) is 8.68. The Balaban J connectivity index is 1.49. The monoisotopic (exact) mass is 320 g/mol. The first-order chi connectivity index (χ1) is 11.8. The van der Waals surface area contributed by atoms with Gasteiger partial charge in [0.05, 0.1) is 24.5 Å². The summed E-state index contributed by atoms with van der Waals surface area (Å²) in [6.45, 7) is 2.28. The molecule has 1 atom stereocenters. The fraction of sp³-hybridized carbons (Fsp3) is 0.368. The average Bonchev–Trinajstić information content (AvgIpc) is 3.24. The number of fused-ring (bicyclic) bond motifs is 4. The van der Waals surface area contributed by atoms with Gasteiger partial charge in [0.1, 0.15) is 0 Å². The number of rotatable bonds is 1. The minimum Gasteiger partial charge on any atom is -0.357 e. The smallest absolute Gasteiger partial charge is 0.232 e. The molecule has 1 aliphatic carbocycles. The van der Waals surface area contributed by atoms with Crippen molar-refractivity contribution in [3.8, 4) is 0 Å². The summed E-state index contributed by atoms with van der Waals surface area (Å²) in [5, 5.41) is 1.28. The van der Waals surface area contributed by atoms with E-state index in [0.29, 0.717) is 6.54 Å². The lowest BCUT2D eigenvalue weighted by molar-refractivity contribution is -0.134. The van der Waals surface area contributed by atoms with Crippen LogP contribution in [0.3, 0.4) is 0 Å². The summed E-state index contributed by atoms with van der Waals surface area (Å²) in [5.41, 5.74) is 4.77. The Bertz CT molecular complexity index is 922. The molecule has 1 N–H and O–H groups in total. The van der Waals surface area contributed by atoms with Gasteiger partial charge in [-0.1, -0.05) is 18.2 Å². The van der Waals surface area contributed by atoms with Crippen LogP contribution in [0.2, 0.25) is 0 Å². The maximum absolute atomic E-state index is 13.2. The maximum atomic E-state index is 13.2. The highest BCUT2D eigenvalue weighted by Gasteiger charge is 2.33. The Morgan fingerprint density at radius 2 is 2.17 bits per heavy atom. The van der Waals surface area contributed by atoms with Crippen molar-refractivity contribution < 1.29 is 4.79 Å². The molecule has 0 unspecified atom stereocenters. The topological polar surface area (TPSA) is 53.9 Å². The van der Waals surface area contributed by atoms with Gasteiger partial charge in [-0.2, -0.15) is 0 Å². The van der Waals surface area contributed by atoms with Crippen LogP contribution >= 0.6 is 0 Å². The highest BCUT2D eigenvalue weighted by molar-refractivity contribution is 5.90. The molecule has 122 valence electrons. The second-order valence-electron chi connectivity index (χ2n) is 6.85. The molecule has 3 aromatic rings. The van der Waals surface area contributed by atoms with Crippen LogP contribution in [0.25, 0.3) is 10.9 Å². The molecular formula is C19H20N4O. The Labute approximate surface area is 140 Å². The van der Waals surface area contributed by atoms with Crippen molar-refractivity contribution >= 4 is 16.8 Å². The van der Waals surface area contributed by atoms with Gasteiger partial charge < -0.3 is 14.5 Å². The van der Waals surface area contributed by atoms with Crippen LogP contribution in [0.5, 0.6) is 0 Å². The summed E-state index contributed by atoms with van der Waals surface area (Å²) in [6, 6.07) is 8.40. The average molecular weight is 320 g/mol. The number of imidazole rings is 1. The molecule has 5 nitrogen and oxygen atoms in total. The number of aryl methyl sites for hydroxylation is 1. The van der Waals surface area contributed by atoms with E-state index in [1.807, 2.05) is 23.5 Å². The molecule has 0 fully saturated rings. The highest BCUT2D eigenvalue weighted by Crippen LogP contribution is 2.37. The molecule has 1 aliphatic heterocycles. The van der Waals surface area contributed by atoms with E-state index >= 15 is 0 Å². The van der Waals surface area contributed by atoms with E-state index < -0.39 is 0 Å². The normalized spacial score (nSPS) is 20.0. The molecule has 1 amide bonds. The van der Waals surface area contributed by atoms with Crippen LogP contribution in [0.1, 0.15) is 35.7 Å². The van der Waals surface area contributed by atoms with Crippen LogP contribution in [-0.2, 0) is 24.3 Å². The summed E-state index contributed by atoms with van der Waals surface area (Å²) in [6.07, 6.45) is 6.81. The van der Waals surface area contributed by atoms with Gasteiger partial charge in [0.2, 0.25) is 5.91 Å². The zero-order valence-electron chi connectivity index (χ0n) is 13.5. The predicted molar refractivity (Wildman–Crippen MR) is 91.6 cm³/mol. The molecular weight excluding hydrogens is 300 g/mol. The molecule has 0 saturated carbocycles. The molecule has 2 aliphatic rings. The third-order valence-electron chi connectivity index (χ3n) is 5.49. The number of hydrogen-bond acceptors (Lipinski definition) is 2. The Morgan fingerprint density at radius 3 is 3.12 bits per heavy atom. The third-order valence-corrected chi connectivity index (χ3v) is 5.49. The summed E-state index contributed by atoms with van der Waals surface area (Å²) >= 11 is 0. The van der Waals surface area contributed by atoms with Crippen molar-refractivity contribution in [1.82, 2.24) is 19.4 Å². The van der Waals surface area contributed by atoms with Crippen LogP contribution in [0, 0.1) is 0 Å². The number of carbonyl (C=O) groups is 1. The van der Waals surface area contributed by atoms with Crippen LogP contribution in [0.4, 0.5) is 0 Å². The molecule has 0 radical (unpaired) electrons. The number of benzene rings is 1. The molecule has 3 heterocycles. The summed E-state index contributed by atoms with van der Waals surface area (Å²) in [4.78, 5) is 22.9. The lowest BCUT2D eigenvalue weighted by Crippen LogP contribution is -2.41. The zero-order valence-corrected chi connectivity index (χ0v) is 13.5. The minimum absolute atomic E-state index is 0.0318. The van der Waals surface area contributed by atoms with Gasteiger partial charge in [-0.25, -0.2) is 4.98 Å². The van der Waals surface area contributed by atoms with Gasteiger partial charge in [0.25, 0.3) is 0 Å². The number of H-pyrrole nitrogens is 1. The van der Waals surface area contributed by atoms with E-state index in [2.05, 4.69) is 32.7 Å². The molecule has 0 spiro atoms. The Morgan fingerprint density at radius 1 is 1.25 bits per heavy atom. The minimum atomic E-state index is -0.0318. The van der Waals surface area contributed by atoms with E-state index in [0.717, 1.165) is 49.3 Å². The lowest BCUT2D eigenvalue weighted by atomic mass is 9.85. The number of nitrogens with zero attached hydrogens (tertiary/aromatic N) is 3. The molecule has 24 heavy (non-hydrogen) atoms. The van der Waals surface area contributed by atoms with Crippen LogP contribution < -0.4 is 0 Å². The first-order valence-corrected chi connectivity index (χ1v) is 8.68. The second-order valence-corrected chi connectivity index (χ2v) is 6.85. The SMILES string of the molecule is O=C([C@@H]1CCCc2c1[nH]c1ccccc21)N1CCn2cncc2C1. The number of para-hydroxylation sites is 1. The number of carbonyl (C=O) groups excluding carboxylic acids is 1. The molecule has 5 rings (SSSR count). The van der Waals surface area contributed by atoms with Crippen molar-refractivity contribution in [2.24, 2.45) is 0 Å². The third kappa shape index (κ3) is 2.00. The number of hydrogen-bond donors (Lipinski definition) is 1. The van der Waals surface area contributed by atoms with Crippen molar-refractivity contribution in [3.05, 3.63) is 53.7 Å². The molecule has 1 aromatic carbocycles. The molecule has 0 saturated heterocycles. The summed E-state index contributed by atoms with van der Waals surface area (Å²) in [7, 11) is 0. The van der Waals surface area contributed by atoms with Crippen molar-refractivity contribution in [2.45, 2.75) is 38.3 Å². The lowest BCUT2D eigenvalue weighted by Gasteiger charge is -2.32. The standard InChI is InChI=1S/C19H20N4O/c24-19(22-8-9-23-12-20-10-13(23)11-22)16-6-3-5-15-14-4-1-2-7-17(14)21-18(15)16/h1-2,4,7,10,12,16,21H,3,5-6,8-9,11H2/t16-/m1/s1. The molecule has 0 bridgehead atoms. The van der Waals surface area contributed by atoms with E-state index in [9.17, 15) is 4.79 Å². The number of aromatic amines is 1. The quantitative estimate of drug-likeness (QED) is 0.749. The molecule has 2 aromatic heterocycles. The van der Waals surface area contributed by atoms with Gasteiger partial charge in [0, 0.05) is 35.9 Å². The fourth-order valence-electron chi connectivity index (χ4n) is 4.25. The number of aromatic nitrogens is 3. The van der Waals surface area contributed by atoms with E-state index in [1.165, 1.54) is 10.9 Å². The number of nitrogens with one attached hydrogen (secondary N) is 1. The van der Waals surface area contributed by atoms with Crippen molar-refractivity contribution in [2.75, 3.05) is 6.54 Å². The van der Waals surface area contributed by atoms with Gasteiger partial charge >= 0.3 is 0 Å². The largest absolute Gasteiger partial charge is 0.357 e. The molecule has 5 heteroatoms. The number of amides is 1. The van der Waals surface area contributed by atoms with Gasteiger partial charge in [-0.05, 0) is 30.9 Å². The Hall–Kier alpha value is -2.56. The second kappa shape index (κ2) is 5.23. The van der Waals surface area contributed by atoms with Gasteiger partial charge in [-0.3, -0.25) is 4.79 Å². The van der Waals surface area contributed by atoms with Crippen molar-refractivity contribution in [1.29, 1.82) is 0 Å². The maximum Gasteiger partial charge on any atom is 0.232 e.